The second-order valence-corrected chi connectivity index (χ2v) is 6.05. The summed E-state index contributed by atoms with van der Waals surface area (Å²) in [5.74, 6) is 0.623. The number of nitrogens with one attached hydrogen (secondary N) is 2. The van der Waals surface area contributed by atoms with Gasteiger partial charge in [0.2, 0.25) is 0 Å². The number of carbonyl (C=O) groups excluding carboxylic acids is 1. The third-order valence-electron chi connectivity index (χ3n) is 3.43. The number of rotatable bonds is 4. The molecule has 24 heavy (non-hydrogen) atoms. The normalized spacial score (nSPS) is 10.4. The molecule has 0 fully saturated rings. The number of thioether (sulfide) groups is 1. The minimum atomic E-state index is -0.298. The maximum absolute atomic E-state index is 12.4. The van der Waals surface area contributed by atoms with Gasteiger partial charge in [-0.05, 0) is 37.4 Å². The molecule has 0 saturated heterocycles. The number of benzene rings is 2. The van der Waals surface area contributed by atoms with Gasteiger partial charge in [-0.15, -0.1) is 11.8 Å². The van der Waals surface area contributed by atoms with E-state index >= 15 is 0 Å². The van der Waals surface area contributed by atoms with Crippen molar-refractivity contribution in [3.63, 3.8) is 0 Å². The zero-order chi connectivity index (χ0) is 16.9. The minimum Gasteiger partial charge on any atom is -0.307 e. The van der Waals surface area contributed by atoms with Crippen LogP contribution in [0.4, 0.5) is 16.3 Å². The summed E-state index contributed by atoms with van der Waals surface area (Å²) < 4.78 is 1.72. The van der Waals surface area contributed by atoms with E-state index in [0.717, 1.165) is 22.0 Å². The molecule has 0 saturated carbocycles. The Balaban J connectivity index is 1.80. The average Bonchev–Trinajstić information content (AvgIpc) is 2.96. The molecule has 2 aromatic carbocycles. The topological polar surface area (TPSA) is 59.0 Å². The summed E-state index contributed by atoms with van der Waals surface area (Å²) in [4.78, 5) is 13.4. The second-order valence-electron chi connectivity index (χ2n) is 5.20. The fourth-order valence-corrected chi connectivity index (χ4v) is 2.93. The summed E-state index contributed by atoms with van der Waals surface area (Å²) in [7, 11) is 0. The van der Waals surface area contributed by atoms with Crippen molar-refractivity contribution in [3.05, 3.63) is 66.4 Å². The maximum atomic E-state index is 12.4. The van der Waals surface area contributed by atoms with Crippen LogP contribution in [0.1, 0.15) is 5.69 Å². The Morgan fingerprint density at radius 1 is 1.04 bits per heavy atom. The highest BCUT2D eigenvalue weighted by Crippen LogP contribution is 2.25. The third-order valence-corrected chi connectivity index (χ3v) is 4.22. The van der Waals surface area contributed by atoms with Crippen LogP contribution < -0.4 is 10.6 Å². The highest BCUT2D eigenvalue weighted by atomic mass is 32.2. The predicted molar refractivity (Wildman–Crippen MR) is 99.2 cm³/mol. The Morgan fingerprint density at radius 3 is 2.50 bits per heavy atom. The van der Waals surface area contributed by atoms with Gasteiger partial charge in [0.25, 0.3) is 0 Å². The maximum Gasteiger partial charge on any atom is 0.324 e. The van der Waals surface area contributed by atoms with Crippen molar-refractivity contribution >= 4 is 29.3 Å². The van der Waals surface area contributed by atoms with Gasteiger partial charge in [-0.25, -0.2) is 9.48 Å². The number of hydrogen-bond donors (Lipinski definition) is 2. The zero-order valence-electron chi connectivity index (χ0n) is 13.5. The first kappa shape index (κ1) is 16.1. The highest BCUT2D eigenvalue weighted by molar-refractivity contribution is 7.98. The average molecular weight is 338 g/mol. The summed E-state index contributed by atoms with van der Waals surface area (Å²) in [6.45, 7) is 1.89. The Bertz CT molecular complexity index is 845. The molecule has 0 aliphatic rings. The van der Waals surface area contributed by atoms with Crippen molar-refractivity contribution in [3.8, 4) is 5.69 Å². The van der Waals surface area contributed by atoms with Crippen LogP contribution in [-0.2, 0) is 0 Å². The molecule has 1 aromatic heterocycles. The highest BCUT2D eigenvalue weighted by Gasteiger charge is 2.12. The van der Waals surface area contributed by atoms with Crippen LogP contribution in [-0.4, -0.2) is 22.1 Å². The molecule has 0 bridgehead atoms. The van der Waals surface area contributed by atoms with E-state index < -0.39 is 0 Å². The molecule has 2 amide bonds. The standard InChI is InChI=1S/C18H18N4OS/c1-13-12-17(22(21-13)14-8-4-3-5-9-14)20-18(23)19-15-10-6-7-11-16(15)24-2/h3-12H,1-2H3,(H2,19,20,23). The molecule has 0 atom stereocenters. The lowest BCUT2D eigenvalue weighted by atomic mass is 10.3. The fraction of sp³-hybridized carbons (Fsp3) is 0.111. The molecule has 0 unspecified atom stereocenters. The van der Waals surface area contributed by atoms with Crippen molar-refractivity contribution in [2.24, 2.45) is 0 Å². The summed E-state index contributed by atoms with van der Waals surface area (Å²) in [5, 5.41) is 10.2. The monoisotopic (exact) mass is 338 g/mol. The molecule has 5 nitrogen and oxygen atoms in total. The molecule has 1 heterocycles. The van der Waals surface area contributed by atoms with Crippen LogP contribution in [0.5, 0.6) is 0 Å². The van der Waals surface area contributed by atoms with Gasteiger partial charge < -0.3 is 5.32 Å². The van der Waals surface area contributed by atoms with Crippen molar-refractivity contribution in [2.75, 3.05) is 16.9 Å². The largest absolute Gasteiger partial charge is 0.324 e. The van der Waals surface area contributed by atoms with Crippen LogP contribution >= 0.6 is 11.8 Å². The number of hydrogen-bond acceptors (Lipinski definition) is 3. The van der Waals surface area contributed by atoms with Crippen LogP contribution in [0.3, 0.4) is 0 Å². The number of para-hydroxylation sites is 2. The lowest BCUT2D eigenvalue weighted by Crippen LogP contribution is -2.21. The van der Waals surface area contributed by atoms with Crippen LogP contribution in [0.2, 0.25) is 0 Å². The first-order valence-corrected chi connectivity index (χ1v) is 8.73. The van der Waals surface area contributed by atoms with Gasteiger partial charge in [-0.1, -0.05) is 30.3 Å². The molecular weight excluding hydrogens is 320 g/mol. The van der Waals surface area contributed by atoms with Gasteiger partial charge in [-0.2, -0.15) is 5.10 Å². The van der Waals surface area contributed by atoms with E-state index in [9.17, 15) is 4.79 Å². The molecule has 122 valence electrons. The van der Waals surface area contributed by atoms with E-state index in [1.54, 1.807) is 16.4 Å². The lowest BCUT2D eigenvalue weighted by Gasteiger charge is -2.12. The van der Waals surface area contributed by atoms with Crippen molar-refractivity contribution in [1.82, 2.24) is 9.78 Å². The number of amides is 2. The number of aryl methyl sites for hydroxylation is 1. The number of urea groups is 1. The summed E-state index contributed by atoms with van der Waals surface area (Å²) in [5.41, 5.74) is 2.51. The van der Waals surface area contributed by atoms with E-state index in [1.165, 1.54) is 0 Å². The number of aromatic nitrogens is 2. The van der Waals surface area contributed by atoms with E-state index in [0.29, 0.717) is 5.82 Å². The first-order chi connectivity index (χ1) is 11.7. The molecule has 0 aliphatic carbocycles. The Labute approximate surface area is 145 Å². The van der Waals surface area contributed by atoms with Gasteiger partial charge >= 0.3 is 6.03 Å². The van der Waals surface area contributed by atoms with E-state index in [4.69, 9.17) is 0 Å². The van der Waals surface area contributed by atoms with Crippen LogP contribution in [0.25, 0.3) is 5.69 Å². The number of anilines is 2. The Hall–Kier alpha value is -2.73. The molecule has 2 N–H and O–H groups in total. The number of carbonyl (C=O) groups is 1. The second kappa shape index (κ2) is 7.23. The molecule has 3 aromatic rings. The fourth-order valence-electron chi connectivity index (χ4n) is 2.37. The summed E-state index contributed by atoms with van der Waals surface area (Å²) in [6, 6.07) is 18.9. The van der Waals surface area contributed by atoms with Crippen molar-refractivity contribution in [1.29, 1.82) is 0 Å². The molecule has 0 spiro atoms. The van der Waals surface area contributed by atoms with Gasteiger partial charge in [0.15, 0.2) is 0 Å². The number of nitrogens with zero attached hydrogens (tertiary/aromatic N) is 2. The van der Waals surface area contributed by atoms with E-state index in [-0.39, 0.29) is 6.03 Å². The van der Waals surface area contributed by atoms with E-state index in [1.807, 2.05) is 73.8 Å². The lowest BCUT2D eigenvalue weighted by molar-refractivity contribution is 0.262. The molecular formula is C18H18N4OS. The Morgan fingerprint density at radius 2 is 1.75 bits per heavy atom. The van der Waals surface area contributed by atoms with Gasteiger partial charge in [0, 0.05) is 11.0 Å². The third kappa shape index (κ3) is 3.60. The van der Waals surface area contributed by atoms with Crippen LogP contribution in [0, 0.1) is 6.92 Å². The van der Waals surface area contributed by atoms with Crippen LogP contribution in [0.15, 0.2) is 65.6 Å². The van der Waals surface area contributed by atoms with E-state index in [2.05, 4.69) is 15.7 Å². The Kier molecular flexibility index (Phi) is 4.86. The molecule has 0 radical (unpaired) electrons. The first-order valence-electron chi connectivity index (χ1n) is 7.50. The van der Waals surface area contributed by atoms with Gasteiger partial charge in [0.1, 0.15) is 5.82 Å². The molecule has 0 aliphatic heterocycles. The smallest absolute Gasteiger partial charge is 0.307 e. The summed E-state index contributed by atoms with van der Waals surface area (Å²) in [6.07, 6.45) is 1.98. The van der Waals surface area contributed by atoms with Crippen molar-refractivity contribution in [2.45, 2.75) is 11.8 Å². The van der Waals surface area contributed by atoms with Gasteiger partial charge in [0.05, 0.1) is 17.1 Å². The van der Waals surface area contributed by atoms with Gasteiger partial charge in [-0.3, -0.25) is 5.32 Å². The molecule has 3 rings (SSSR count). The SMILES string of the molecule is CSc1ccccc1NC(=O)Nc1cc(C)nn1-c1ccccc1. The quantitative estimate of drug-likeness (QED) is 0.686. The minimum absolute atomic E-state index is 0.298. The zero-order valence-corrected chi connectivity index (χ0v) is 14.3. The van der Waals surface area contributed by atoms with Crippen molar-refractivity contribution < 1.29 is 4.79 Å². The summed E-state index contributed by atoms with van der Waals surface area (Å²) >= 11 is 1.59. The molecule has 6 heteroatoms. The predicted octanol–water partition coefficient (Wildman–Crippen LogP) is 4.55.